The second kappa shape index (κ2) is 10.5. The Labute approximate surface area is 203 Å². The molecule has 0 saturated heterocycles. The van der Waals surface area contributed by atoms with Crippen molar-refractivity contribution < 1.29 is 13.9 Å². The number of halogens is 1. The van der Waals surface area contributed by atoms with Crippen LogP contribution in [0.2, 0.25) is 0 Å². The Morgan fingerprint density at radius 1 is 1.03 bits per heavy atom. The summed E-state index contributed by atoms with van der Waals surface area (Å²) in [5.41, 5.74) is 1.24. The minimum absolute atomic E-state index is 0.240. The van der Waals surface area contributed by atoms with Gasteiger partial charge in [-0.2, -0.15) is 0 Å². The molecule has 0 aliphatic heterocycles. The predicted octanol–water partition coefficient (Wildman–Crippen LogP) is 5.54. The molecule has 35 heavy (non-hydrogen) atoms. The summed E-state index contributed by atoms with van der Waals surface area (Å²) in [5.74, 6) is 0.305. The highest BCUT2D eigenvalue weighted by atomic mass is 19.1. The van der Waals surface area contributed by atoms with Gasteiger partial charge in [0.2, 0.25) is 0 Å². The van der Waals surface area contributed by atoms with Crippen molar-refractivity contribution in [1.82, 2.24) is 14.5 Å². The quantitative estimate of drug-likeness (QED) is 0.337. The van der Waals surface area contributed by atoms with Gasteiger partial charge in [0.1, 0.15) is 17.4 Å². The van der Waals surface area contributed by atoms with Crippen LogP contribution in [0.4, 0.5) is 4.39 Å². The van der Waals surface area contributed by atoms with E-state index >= 15 is 0 Å². The Kier molecular flexibility index (Phi) is 7.25. The number of nitrogens with zero attached hydrogens (tertiary/aromatic N) is 3. The Morgan fingerprint density at radius 3 is 2.43 bits per heavy atom. The first-order valence-electron chi connectivity index (χ1n) is 11.8. The number of hydrogen-bond donors (Lipinski definition) is 0. The molecule has 1 amide bonds. The van der Waals surface area contributed by atoms with Crippen LogP contribution in [0.3, 0.4) is 0 Å². The average molecular weight is 474 g/mol. The fourth-order valence-electron chi connectivity index (χ4n) is 4.19. The molecular formula is C28H28FN3O3. The second-order valence-corrected chi connectivity index (χ2v) is 8.21. The molecule has 1 atom stereocenters. The number of carbonyl (C=O) groups excluding carboxylic acids is 1. The van der Waals surface area contributed by atoms with Crippen molar-refractivity contribution in [3.63, 3.8) is 0 Å². The molecule has 7 heteroatoms. The van der Waals surface area contributed by atoms with E-state index in [2.05, 4.69) is 0 Å². The van der Waals surface area contributed by atoms with Crippen molar-refractivity contribution in [2.45, 2.75) is 33.2 Å². The first-order chi connectivity index (χ1) is 17.0. The molecule has 1 heterocycles. The largest absolute Gasteiger partial charge is 0.492 e. The molecule has 0 N–H and O–H groups in total. The summed E-state index contributed by atoms with van der Waals surface area (Å²) in [6, 6.07) is 19.4. The molecule has 0 saturated carbocycles. The molecule has 6 nitrogen and oxygen atoms in total. The van der Waals surface area contributed by atoms with Gasteiger partial charge in [0.15, 0.2) is 0 Å². The van der Waals surface area contributed by atoms with Crippen molar-refractivity contribution in [3.8, 4) is 11.4 Å². The lowest BCUT2D eigenvalue weighted by Crippen LogP contribution is -2.38. The summed E-state index contributed by atoms with van der Waals surface area (Å²) < 4.78 is 20.8. The summed E-state index contributed by atoms with van der Waals surface area (Å²) in [6.45, 7) is 6.58. The van der Waals surface area contributed by atoms with Crippen molar-refractivity contribution in [1.29, 1.82) is 0 Å². The number of amides is 1. The van der Waals surface area contributed by atoms with Gasteiger partial charge < -0.3 is 9.64 Å². The smallest absolute Gasteiger partial charge is 0.266 e. The first-order valence-corrected chi connectivity index (χ1v) is 11.8. The molecule has 0 fully saturated rings. The van der Waals surface area contributed by atoms with Gasteiger partial charge in [-0.25, -0.2) is 9.37 Å². The van der Waals surface area contributed by atoms with Crippen molar-refractivity contribution in [2.24, 2.45) is 0 Å². The molecule has 0 aliphatic rings. The molecule has 3 aromatic carbocycles. The number of aromatic nitrogens is 2. The van der Waals surface area contributed by atoms with E-state index in [9.17, 15) is 14.0 Å². The fraction of sp³-hybridized carbons (Fsp3) is 0.250. The molecule has 1 aromatic heterocycles. The molecule has 0 spiro atoms. The Morgan fingerprint density at radius 2 is 1.71 bits per heavy atom. The van der Waals surface area contributed by atoms with E-state index in [4.69, 9.17) is 9.72 Å². The van der Waals surface area contributed by atoms with Gasteiger partial charge in [-0.1, -0.05) is 31.2 Å². The number of ether oxygens (including phenoxy) is 1. The minimum atomic E-state index is -0.556. The molecule has 4 rings (SSSR count). The van der Waals surface area contributed by atoms with Crippen LogP contribution >= 0.6 is 0 Å². The van der Waals surface area contributed by atoms with Crippen LogP contribution in [-0.2, 0) is 0 Å². The number of rotatable bonds is 8. The lowest BCUT2D eigenvalue weighted by Gasteiger charge is -2.30. The maximum atomic E-state index is 13.8. The van der Waals surface area contributed by atoms with E-state index in [1.807, 2.05) is 51.1 Å². The van der Waals surface area contributed by atoms with E-state index in [-0.39, 0.29) is 11.5 Å². The van der Waals surface area contributed by atoms with Gasteiger partial charge in [-0.05, 0) is 68.8 Å². The van der Waals surface area contributed by atoms with E-state index in [0.29, 0.717) is 53.3 Å². The predicted molar refractivity (Wildman–Crippen MR) is 135 cm³/mol. The highest BCUT2D eigenvalue weighted by Gasteiger charge is 2.28. The van der Waals surface area contributed by atoms with Gasteiger partial charge in [-0.15, -0.1) is 0 Å². The third-order valence-corrected chi connectivity index (χ3v) is 5.87. The number of hydrogen-bond acceptors (Lipinski definition) is 4. The lowest BCUT2D eigenvalue weighted by molar-refractivity contribution is 0.0681. The van der Waals surface area contributed by atoms with Crippen LogP contribution in [0.1, 0.15) is 49.4 Å². The summed E-state index contributed by atoms with van der Waals surface area (Å²) >= 11 is 0. The summed E-state index contributed by atoms with van der Waals surface area (Å²) in [7, 11) is 0. The van der Waals surface area contributed by atoms with E-state index in [0.717, 1.165) is 0 Å². The SMILES string of the molecule is CCCN(C(=O)c1ccc(F)cc1)C(C)c1nc2ccccc2c(=O)n1-c1ccccc1OCC. The highest BCUT2D eigenvalue weighted by molar-refractivity contribution is 5.94. The molecule has 1 unspecified atom stereocenters. The van der Waals surface area contributed by atoms with Crippen LogP contribution in [-0.4, -0.2) is 33.5 Å². The van der Waals surface area contributed by atoms with Crippen molar-refractivity contribution >= 4 is 16.8 Å². The number of para-hydroxylation sites is 3. The van der Waals surface area contributed by atoms with Crippen LogP contribution in [0.25, 0.3) is 16.6 Å². The summed E-state index contributed by atoms with van der Waals surface area (Å²) in [4.78, 5) is 33.8. The Hall–Kier alpha value is -4.00. The highest BCUT2D eigenvalue weighted by Crippen LogP contribution is 2.28. The van der Waals surface area contributed by atoms with Crippen molar-refractivity contribution in [3.05, 3.63) is 100 Å². The van der Waals surface area contributed by atoms with E-state index in [1.54, 1.807) is 27.7 Å². The zero-order valence-electron chi connectivity index (χ0n) is 20.1. The van der Waals surface area contributed by atoms with E-state index in [1.165, 1.54) is 24.3 Å². The number of carbonyl (C=O) groups is 1. The van der Waals surface area contributed by atoms with Gasteiger partial charge in [0.05, 0.1) is 29.2 Å². The lowest BCUT2D eigenvalue weighted by atomic mass is 10.1. The third-order valence-electron chi connectivity index (χ3n) is 5.87. The Bertz CT molecular complexity index is 1400. The Balaban J connectivity index is 1.93. The topological polar surface area (TPSA) is 64.4 Å². The van der Waals surface area contributed by atoms with E-state index < -0.39 is 11.9 Å². The standard InChI is InChI=1S/C28H28FN3O3/c1-4-18-31(27(33)20-14-16-21(29)17-15-20)19(3)26-30-23-11-7-6-10-22(23)28(34)32(26)24-12-8-9-13-25(24)35-5-2/h6-17,19H,4-5,18H2,1-3H3. The van der Waals surface area contributed by atoms with Crippen LogP contribution in [0, 0.1) is 5.82 Å². The minimum Gasteiger partial charge on any atom is -0.492 e. The summed E-state index contributed by atoms with van der Waals surface area (Å²) in [5, 5.41) is 0.474. The molecule has 0 aliphatic carbocycles. The van der Waals surface area contributed by atoms with Gasteiger partial charge in [0, 0.05) is 12.1 Å². The average Bonchev–Trinajstić information content (AvgIpc) is 2.88. The number of fused-ring (bicyclic) bond motifs is 1. The third kappa shape index (κ3) is 4.80. The molecule has 0 bridgehead atoms. The summed E-state index contributed by atoms with van der Waals surface area (Å²) in [6.07, 6.45) is 0.699. The van der Waals surface area contributed by atoms with Crippen LogP contribution in [0.5, 0.6) is 5.75 Å². The molecule has 4 aromatic rings. The van der Waals surface area contributed by atoms with Gasteiger partial charge >= 0.3 is 0 Å². The number of benzene rings is 3. The second-order valence-electron chi connectivity index (χ2n) is 8.21. The molecule has 0 radical (unpaired) electrons. The maximum absolute atomic E-state index is 13.8. The van der Waals surface area contributed by atoms with Crippen LogP contribution < -0.4 is 10.3 Å². The van der Waals surface area contributed by atoms with Crippen molar-refractivity contribution in [2.75, 3.05) is 13.2 Å². The zero-order chi connectivity index (χ0) is 24.9. The van der Waals surface area contributed by atoms with Gasteiger partial charge in [0.25, 0.3) is 11.5 Å². The monoisotopic (exact) mass is 473 g/mol. The fourth-order valence-corrected chi connectivity index (χ4v) is 4.19. The first kappa shape index (κ1) is 24.1. The maximum Gasteiger partial charge on any atom is 0.266 e. The van der Waals surface area contributed by atoms with Crippen LogP contribution in [0.15, 0.2) is 77.6 Å². The zero-order valence-corrected chi connectivity index (χ0v) is 20.1. The normalized spacial score (nSPS) is 11.9. The van der Waals surface area contributed by atoms with Gasteiger partial charge in [-0.3, -0.25) is 14.2 Å². The molecular weight excluding hydrogens is 445 g/mol. The molecule has 180 valence electrons.